The van der Waals surface area contributed by atoms with Crippen molar-refractivity contribution < 1.29 is 19.4 Å². The zero-order valence-electron chi connectivity index (χ0n) is 9.15. The standard InChI is InChI=1S/C11H17NO4/c13-10(8-6-9(8)11(14)15)12-7-2-1-4-16-5-3-7/h7-9H,1-6H2,(H,12,13)(H,14,15). The van der Waals surface area contributed by atoms with E-state index >= 15 is 0 Å². The van der Waals surface area contributed by atoms with E-state index in [0.29, 0.717) is 13.0 Å². The maximum atomic E-state index is 11.7. The highest BCUT2D eigenvalue weighted by Gasteiger charge is 2.48. The van der Waals surface area contributed by atoms with E-state index < -0.39 is 11.9 Å². The third kappa shape index (κ3) is 2.72. The summed E-state index contributed by atoms with van der Waals surface area (Å²) in [6.45, 7) is 1.44. The predicted molar refractivity (Wildman–Crippen MR) is 55.8 cm³/mol. The van der Waals surface area contributed by atoms with Crippen LogP contribution in [-0.4, -0.2) is 36.2 Å². The van der Waals surface area contributed by atoms with Crippen molar-refractivity contribution in [3.05, 3.63) is 0 Å². The van der Waals surface area contributed by atoms with Crippen molar-refractivity contribution in [3.8, 4) is 0 Å². The Hall–Kier alpha value is -1.10. The molecule has 1 saturated carbocycles. The van der Waals surface area contributed by atoms with Crippen molar-refractivity contribution in [1.29, 1.82) is 0 Å². The molecule has 2 N–H and O–H groups in total. The fourth-order valence-corrected chi connectivity index (χ4v) is 2.11. The van der Waals surface area contributed by atoms with Crippen LogP contribution in [0.4, 0.5) is 0 Å². The third-order valence-corrected chi connectivity index (χ3v) is 3.24. The Morgan fingerprint density at radius 3 is 2.69 bits per heavy atom. The lowest BCUT2D eigenvalue weighted by molar-refractivity contribution is -0.140. The Morgan fingerprint density at radius 1 is 1.19 bits per heavy atom. The number of hydrogen-bond donors (Lipinski definition) is 2. The number of carbonyl (C=O) groups is 2. The molecule has 3 atom stereocenters. The summed E-state index contributed by atoms with van der Waals surface area (Å²) in [7, 11) is 0. The molecule has 1 aliphatic heterocycles. The van der Waals surface area contributed by atoms with Crippen LogP contribution in [0.15, 0.2) is 0 Å². The van der Waals surface area contributed by atoms with Gasteiger partial charge >= 0.3 is 5.97 Å². The first-order chi connectivity index (χ1) is 7.68. The van der Waals surface area contributed by atoms with Gasteiger partial charge in [0.15, 0.2) is 0 Å². The number of amides is 1. The summed E-state index contributed by atoms with van der Waals surface area (Å²) < 4.78 is 5.30. The van der Waals surface area contributed by atoms with Gasteiger partial charge in [-0.1, -0.05) is 0 Å². The molecule has 1 saturated heterocycles. The minimum Gasteiger partial charge on any atom is -0.481 e. The van der Waals surface area contributed by atoms with Gasteiger partial charge in [0.2, 0.25) is 5.91 Å². The van der Waals surface area contributed by atoms with Gasteiger partial charge in [-0.05, 0) is 25.7 Å². The number of carboxylic acid groups (broad SMARTS) is 1. The second-order valence-electron chi connectivity index (χ2n) is 4.54. The van der Waals surface area contributed by atoms with Crippen LogP contribution < -0.4 is 5.32 Å². The van der Waals surface area contributed by atoms with E-state index in [2.05, 4.69) is 5.32 Å². The number of ether oxygens (including phenoxy) is 1. The zero-order valence-corrected chi connectivity index (χ0v) is 9.15. The van der Waals surface area contributed by atoms with Crippen molar-refractivity contribution in [1.82, 2.24) is 5.32 Å². The molecule has 1 aliphatic carbocycles. The summed E-state index contributed by atoms with van der Waals surface area (Å²) in [6.07, 6.45) is 3.20. The van der Waals surface area contributed by atoms with Crippen LogP contribution in [0.2, 0.25) is 0 Å². The molecule has 5 nitrogen and oxygen atoms in total. The second-order valence-corrected chi connectivity index (χ2v) is 4.54. The van der Waals surface area contributed by atoms with Gasteiger partial charge in [0, 0.05) is 19.3 Å². The summed E-state index contributed by atoms with van der Waals surface area (Å²) in [5, 5.41) is 11.6. The third-order valence-electron chi connectivity index (χ3n) is 3.24. The SMILES string of the molecule is O=C(O)C1CC1C(=O)NC1CCCOCC1. The Morgan fingerprint density at radius 2 is 2.00 bits per heavy atom. The number of hydrogen-bond acceptors (Lipinski definition) is 3. The minimum absolute atomic E-state index is 0.0979. The lowest BCUT2D eigenvalue weighted by Gasteiger charge is -2.15. The molecule has 0 spiro atoms. The van der Waals surface area contributed by atoms with Crippen LogP contribution in [0.1, 0.15) is 25.7 Å². The quantitative estimate of drug-likeness (QED) is 0.731. The molecule has 3 unspecified atom stereocenters. The van der Waals surface area contributed by atoms with Crippen molar-refractivity contribution in [2.24, 2.45) is 11.8 Å². The Balaban J connectivity index is 1.76. The zero-order chi connectivity index (χ0) is 11.5. The largest absolute Gasteiger partial charge is 0.481 e. The normalized spacial score (nSPS) is 33.9. The minimum atomic E-state index is -0.857. The highest BCUT2D eigenvalue weighted by Crippen LogP contribution is 2.38. The average molecular weight is 227 g/mol. The summed E-state index contributed by atoms with van der Waals surface area (Å²) in [5.41, 5.74) is 0. The average Bonchev–Trinajstić information content (AvgIpc) is 3.02. The second kappa shape index (κ2) is 4.82. The number of carbonyl (C=O) groups excluding carboxylic acids is 1. The Labute approximate surface area is 94.2 Å². The first kappa shape index (κ1) is 11.4. The van der Waals surface area contributed by atoms with Crippen molar-refractivity contribution in [2.75, 3.05) is 13.2 Å². The van der Waals surface area contributed by atoms with Gasteiger partial charge < -0.3 is 15.2 Å². The summed E-state index contributed by atoms with van der Waals surface area (Å²) in [4.78, 5) is 22.3. The van der Waals surface area contributed by atoms with Crippen molar-refractivity contribution in [3.63, 3.8) is 0 Å². The predicted octanol–water partition coefficient (Wildman–Crippen LogP) is 0.392. The molecule has 2 aliphatic rings. The van der Waals surface area contributed by atoms with Crippen LogP contribution in [0.5, 0.6) is 0 Å². The molecule has 1 heterocycles. The van der Waals surface area contributed by atoms with Crippen LogP contribution in [0, 0.1) is 11.8 Å². The molecule has 90 valence electrons. The fourth-order valence-electron chi connectivity index (χ4n) is 2.11. The Bertz CT molecular complexity index is 284. The van der Waals surface area contributed by atoms with Gasteiger partial charge in [0.25, 0.3) is 0 Å². The fraction of sp³-hybridized carbons (Fsp3) is 0.818. The van der Waals surface area contributed by atoms with E-state index in [1.807, 2.05) is 0 Å². The molecule has 5 heteroatoms. The maximum Gasteiger partial charge on any atom is 0.307 e. The van der Waals surface area contributed by atoms with Crippen molar-refractivity contribution in [2.45, 2.75) is 31.7 Å². The molecule has 0 aromatic heterocycles. The topological polar surface area (TPSA) is 75.6 Å². The van der Waals surface area contributed by atoms with E-state index in [1.54, 1.807) is 0 Å². The molecule has 2 rings (SSSR count). The van der Waals surface area contributed by atoms with Crippen molar-refractivity contribution >= 4 is 11.9 Å². The summed E-state index contributed by atoms with van der Waals surface area (Å²) in [5.74, 6) is -1.72. The van der Waals surface area contributed by atoms with E-state index in [-0.39, 0.29) is 17.9 Å². The molecule has 0 radical (unpaired) electrons. The molecule has 0 bridgehead atoms. The van der Waals surface area contributed by atoms with E-state index in [1.165, 1.54) is 0 Å². The molecule has 2 fully saturated rings. The highest BCUT2D eigenvalue weighted by atomic mass is 16.5. The van der Waals surface area contributed by atoms with Gasteiger partial charge in [-0.25, -0.2) is 0 Å². The summed E-state index contributed by atoms with van der Waals surface area (Å²) in [6, 6.07) is 0.157. The molecular formula is C11H17NO4. The number of carboxylic acids is 1. The van der Waals surface area contributed by atoms with Gasteiger partial charge in [-0.3, -0.25) is 9.59 Å². The first-order valence-corrected chi connectivity index (χ1v) is 5.79. The van der Waals surface area contributed by atoms with E-state index in [0.717, 1.165) is 25.9 Å². The van der Waals surface area contributed by atoms with Gasteiger partial charge in [0.1, 0.15) is 0 Å². The molecule has 0 aromatic rings. The molecule has 16 heavy (non-hydrogen) atoms. The van der Waals surface area contributed by atoms with E-state index in [9.17, 15) is 9.59 Å². The lowest BCUT2D eigenvalue weighted by atomic mass is 10.1. The first-order valence-electron chi connectivity index (χ1n) is 5.79. The van der Waals surface area contributed by atoms with Gasteiger partial charge in [-0.2, -0.15) is 0 Å². The molecular weight excluding hydrogens is 210 g/mol. The van der Waals surface area contributed by atoms with Crippen LogP contribution >= 0.6 is 0 Å². The van der Waals surface area contributed by atoms with Crippen LogP contribution in [0.3, 0.4) is 0 Å². The molecule has 1 amide bonds. The van der Waals surface area contributed by atoms with Gasteiger partial charge in [0.05, 0.1) is 11.8 Å². The van der Waals surface area contributed by atoms with Crippen LogP contribution in [-0.2, 0) is 14.3 Å². The smallest absolute Gasteiger partial charge is 0.307 e. The monoisotopic (exact) mass is 227 g/mol. The number of aliphatic carboxylic acids is 1. The van der Waals surface area contributed by atoms with Crippen LogP contribution in [0.25, 0.3) is 0 Å². The lowest BCUT2D eigenvalue weighted by Crippen LogP contribution is -2.36. The maximum absolute atomic E-state index is 11.7. The summed E-state index contributed by atoms with van der Waals surface area (Å²) >= 11 is 0. The number of rotatable bonds is 3. The van der Waals surface area contributed by atoms with E-state index in [4.69, 9.17) is 9.84 Å². The number of nitrogens with one attached hydrogen (secondary N) is 1. The molecule has 0 aromatic carbocycles. The van der Waals surface area contributed by atoms with Gasteiger partial charge in [-0.15, -0.1) is 0 Å². The Kier molecular flexibility index (Phi) is 3.43. The highest BCUT2D eigenvalue weighted by molar-refractivity contribution is 5.89.